The Balaban J connectivity index is 1.68. The van der Waals surface area contributed by atoms with Crippen molar-refractivity contribution in [2.75, 3.05) is 11.9 Å². The van der Waals surface area contributed by atoms with Gasteiger partial charge in [0, 0.05) is 22.8 Å². The van der Waals surface area contributed by atoms with Crippen LogP contribution < -0.4 is 5.32 Å². The van der Waals surface area contributed by atoms with E-state index in [-0.39, 0.29) is 12.6 Å². The fraction of sp³-hybridized carbons (Fsp3) is 0.211. The zero-order valence-corrected chi connectivity index (χ0v) is 15.3. The van der Waals surface area contributed by atoms with Crippen LogP contribution in [0.25, 0.3) is 11.4 Å². The molecule has 7 heteroatoms. The molecule has 0 aliphatic carbocycles. The molecular weight excluding hydrogens is 352 g/mol. The van der Waals surface area contributed by atoms with Crippen molar-refractivity contribution in [2.24, 2.45) is 0 Å². The molecule has 26 heavy (non-hydrogen) atoms. The van der Waals surface area contributed by atoms with Crippen LogP contribution in [0.2, 0.25) is 5.02 Å². The van der Waals surface area contributed by atoms with Gasteiger partial charge in [0.05, 0.1) is 0 Å². The Hall–Kier alpha value is -2.86. The molecule has 0 fully saturated rings. The number of hydrogen-bond donors (Lipinski definition) is 1. The number of carbonyl (C=O) groups excluding carboxylic acids is 1. The molecule has 0 spiro atoms. The zero-order valence-electron chi connectivity index (χ0n) is 14.6. The third kappa shape index (κ3) is 4.40. The van der Waals surface area contributed by atoms with Crippen molar-refractivity contribution in [3.63, 3.8) is 0 Å². The highest BCUT2D eigenvalue weighted by molar-refractivity contribution is 6.30. The summed E-state index contributed by atoms with van der Waals surface area (Å²) in [5, 5.41) is 7.37. The van der Waals surface area contributed by atoms with Gasteiger partial charge in [0.15, 0.2) is 0 Å². The molecule has 0 bridgehead atoms. The Labute approximate surface area is 156 Å². The first-order valence-corrected chi connectivity index (χ1v) is 8.64. The van der Waals surface area contributed by atoms with Crippen LogP contribution in [0.5, 0.6) is 0 Å². The smallest absolute Gasteiger partial charge is 0.322 e. The van der Waals surface area contributed by atoms with Crippen LogP contribution in [-0.4, -0.2) is 27.6 Å². The summed E-state index contributed by atoms with van der Waals surface area (Å²) >= 11 is 5.94. The molecule has 3 rings (SSSR count). The monoisotopic (exact) mass is 370 g/mol. The maximum Gasteiger partial charge on any atom is 0.322 e. The van der Waals surface area contributed by atoms with Gasteiger partial charge >= 0.3 is 6.03 Å². The first kappa shape index (κ1) is 17.9. The van der Waals surface area contributed by atoms with Crippen molar-refractivity contribution in [2.45, 2.75) is 20.4 Å². The molecule has 1 aromatic heterocycles. The number of carbonyl (C=O) groups is 1. The van der Waals surface area contributed by atoms with E-state index in [0.29, 0.717) is 29.0 Å². The minimum absolute atomic E-state index is 0.224. The van der Waals surface area contributed by atoms with Crippen molar-refractivity contribution in [3.05, 3.63) is 65.0 Å². The number of rotatable bonds is 5. The number of halogens is 1. The molecule has 2 amide bonds. The molecule has 1 heterocycles. The van der Waals surface area contributed by atoms with Crippen LogP contribution >= 0.6 is 11.6 Å². The van der Waals surface area contributed by atoms with Crippen molar-refractivity contribution in [1.29, 1.82) is 0 Å². The van der Waals surface area contributed by atoms with Gasteiger partial charge in [-0.3, -0.25) is 0 Å². The molecule has 0 atom stereocenters. The van der Waals surface area contributed by atoms with E-state index in [0.717, 1.165) is 11.1 Å². The average molecular weight is 371 g/mol. The number of nitrogens with zero attached hydrogens (tertiary/aromatic N) is 3. The Morgan fingerprint density at radius 2 is 2.00 bits per heavy atom. The van der Waals surface area contributed by atoms with E-state index < -0.39 is 0 Å². The van der Waals surface area contributed by atoms with Crippen LogP contribution in [-0.2, 0) is 6.54 Å². The van der Waals surface area contributed by atoms with E-state index in [4.69, 9.17) is 16.1 Å². The summed E-state index contributed by atoms with van der Waals surface area (Å²) < 4.78 is 5.30. The molecule has 0 radical (unpaired) electrons. The van der Waals surface area contributed by atoms with Crippen molar-refractivity contribution in [3.8, 4) is 11.4 Å². The van der Waals surface area contributed by atoms with Gasteiger partial charge in [0.25, 0.3) is 0 Å². The van der Waals surface area contributed by atoms with Crippen LogP contribution in [0.1, 0.15) is 18.4 Å². The molecule has 6 nitrogen and oxygen atoms in total. The second-order valence-electron chi connectivity index (χ2n) is 5.83. The number of benzene rings is 2. The summed E-state index contributed by atoms with van der Waals surface area (Å²) in [6.45, 7) is 4.62. The van der Waals surface area contributed by atoms with E-state index in [1.165, 1.54) is 0 Å². The number of anilines is 1. The molecule has 3 aromatic rings. The predicted molar refractivity (Wildman–Crippen MR) is 101 cm³/mol. The summed E-state index contributed by atoms with van der Waals surface area (Å²) in [5.74, 6) is 0.884. The van der Waals surface area contributed by atoms with E-state index >= 15 is 0 Å². The maximum atomic E-state index is 12.5. The number of aromatic nitrogens is 2. The molecular formula is C19H19ClN4O2. The Morgan fingerprint density at radius 1 is 1.23 bits per heavy atom. The molecule has 0 aliphatic rings. The lowest BCUT2D eigenvalue weighted by Gasteiger charge is -2.19. The van der Waals surface area contributed by atoms with Gasteiger partial charge in [-0.15, -0.1) is 0 Å². The van der Waals surface area contributed by atoms with E-state index in [1.54, 1.807) is 29.2 Å². The quantitative estimate of drug-likeness (QED) is 0.703. The van der Waals surface area contributed by atoms with Crippen molar-refractivity contribution < 1.29 is 9.32 Å². The van der Waals surface area contributed by atoms with Gasteiger partial charge in [-0.25, -0.2) is 4.79 Å². The third-order valence-electron chi connectivity index (χ3n) is 3.85. The van der Waals surface area contributed by atoms with Crippen molar-refractivity contribution in [1.82, 2.24) is 15.0 Å². The molecule has 134 valence electrons. The van der Waals surface area contributed by atoms with Crippen LogP contribution in [0.3, 0.4) is 0 Å². The van der Waals surface area contributed by atoms with Crippen LogP contribution in [0.15, 0.2) is 53.1 Å². The number of amides is 2. The molecule has 2 aromatic carbocycles. The molecule has 0 aliphatic heterocycles. The van der Waals surface area contributed by atoms with Gasteiger partial charge in [0.1, 0.15) is 6.54 Å². The number of aryl methyl sites for hydroxylation is 1. The first-order valence-electron chi connectivity index (χ1n) is 8.26. The summed E-state index contributed by atoms with van der Waals surface area (Å²) in [5.41, 5.74) is 2.66. The zero-order chi connectivity index (χ0) is 18.5. The minimum atomic E-state index is -0.259. The van der Waals surface area contributed by atoms with Gasteiger partial charge < -0.3 is 14.7 Å². The van der Waals surface area contributed by atoms with Gasteiger partial charge in [-0.05, 0) is 32.0 Å². The lowest BCUT2D eigenvalue weighted by atomic mass is 10.1. The Bertz CT molecular complexity index is 893. The highest BCUT2D eigenvalue weighted by Gasteiger charge is 2.17. The fourth-order valence-corrected chi connectivity index (χ4v) is 2.59. The summed E-state index contributed by atoms with van der Waals surface area (Å²) in [6.07, 6.45) is 0. The number of nitrogens with one attached hydrogen (secondary N) is 1. The van der Waals surface area contributed by atoms with Gasteiger partial charge in [-0.2, -0.15) is 4.98 Å². The highest BCUT2D eigenvalue weighted by atomic mass is 35.5. The minimum Gasteiger partial charge on any atom is -0.337 e. The maximum absolute atomic E-state index is 12.5. The normalized spacial score (nSPS) is 10.6. The lowest BCUT2D eigenvalue weighted by Crippen LogP contribution is -2.34. The van der Waals surface area contributed by atoms with Gasteiger partial charge in [0.2, 0.25) is 11.7 Å². The SMILES string of the molecule is CCN(Cc1nc(-c2ccc(C)cc2)no1)C(=O)Nc1cccc(Cl)c1. The molecule has 1 N–H and O–H groups in total. The summed E-state index contributed by atoms with van der Waals surface area (Å²) in [7, 11) is 0. The topological polar surface area (TPSA) is 71.3 Å². The molecule has 0 saturated carbocycles. The third-order valence-corrected chi connectivity index (χ3v) is 4.08. The predicted octanol–water partition coefficient (Wildman–Crippen LogP) is 4.75. The van der Waals surface area contributed by atoms with Crippen LogP contribution in [0, 0.1) is 6.92 Å². The second kappa shape index (κ2) is 8.01. The Morgan fingerprint density at radius 3 is 2.69 bits per heavy atom. The lowest BCUT2D eigenvalue weighted by molar-refractivity contribution is 0.203. The van der Waals surface area contributed by atoms with E-state index in [2.05, 4.69) is 15.5 Å². The average Bonchev–Trinajstić information content (AvgIpc) is 3.09. The first-order chi connectivity index (χ1) is 12.5. The fourth-order valence-electron chi connectivity index (χ4n) is 2.40. The second-order valence-corrected chi connectivity index (χ2v) is 6.27. The largest absolute Gasteiger partial charge is 0.337 e. The van der Waals surface area contributed by atoms with E-state index in [1.807, 2.05) is 38.1 Å². The summed E-state index contributed by atoms with van der Waals surface area (Å²) in [6, 6.07) is 14.6. The van der Waals surface area contributed by atoms with Crippen LogP contribution in [0.4, 0.5) is 10.5 Å². The number of hydrogen-bond acceptors (Lipinski definition) is 4. The van der Waals surface area contributed by atoms with E-state index in [9.17, 15) is 4.79 Å². The Kier molecular flexibility index (Phi) is 5.53. The highest BCUT2D eigenvalue weighted by Crippen LogP contribution is 2.18. The standard InChI is InChI=1S/C19H19ClN4O2/c1-3-24(19(25)21-16-6-4-5-15(20)11-16)12-17-22-18(23-26-17)14-9-7-13(2)8-10-14/h4-11H,3,12H2,1-2H3,(H,21,25). The molecule has 0 saturated heterocycles. The van der Waals surface area contributed by atoms with Crippen molar-refractivity contribution >= 4 is 23.3 Å². The number of urea groups is 1. The summed E-state index contributed by atoms with van der Waals surface area (Å²) in [4.78, 5) is 18.4. The molecule has 0 unspecified atom stereocenters. The van der Waals surface area contributed by atoms with Gasteiger partial charge in [-0.1, -0.05) is 52.7 Å².